The molecule has 1 rings (SSSR count). The summed E-state index contributed by atoms with van der Waals surface area (Å²) in [7, 11) is 0. The Hall–Kier alpha value is -1.56. The fraction of sp³-hybridized carbons (Fsp3) is 0.429. The lowest BCUT2D eigenvalue weighted by molar-refractivity contribution is -0.120. The van der Waals surface area contributed by atoms with Crippen LogP contribution < -0.4 is 5.32 Å². The number of hydrogen-bond acceptors (Lipinski definition) is 3. The van der Waals surface area contributed by atoms with Gasteiger partial charge in [-0.15, -0.1) is 11.8 Å². The molecular formula is C14H18FNO3S. The summed E-state index contributed by atoms with van der Waals surface area (Å²) in [5.74, 6) is -1.86. The number of amides is 1. The molecule has 0 saturated heterocycles. The number of carbonyl (C=O) groups is 2. The number of benzene rings is 1. The molecule has 1 amide bonds. The van der Waals surface area contributed by atoms with Crippen molar-refractivity contribution in [1.82, 2.24) is 5.32 Å². The maximum absolute atomic E-state index is 13.3. The van der Waals surface area contributed by atoms with E-state index < -0.39 is 11.8 Å². The van der Waals surface area contributed by atoms with Gasteiger partial charge in [0.25, 0.3) is 0 Å². The van der Waals surface area contributed by atoms with E-state index in [1.165, 1.54) is 23.9 Å². The Balaban J connectivity index is 2.70. The van der Waals surface area contributed by atoms with Gasteiger partial charge < -0.3 is 10.4 Å². The monoisotopic (exact) mass is 299 g/mol. The van der Waals surface area contributed by atoms with Crippen LogP contribution in [0.15, 0.2) is 23.1 Å². The van der Waals surface area contributed by atoms with Gasteiger partial charge in [-0.05, 0) is 31.0 Å². The Labute approximate surface area is 121 Å². The summed E-state index contributed by atoms with van der Waals surface area (Å²) < 4.78 is 13.3. The van der Waals surface area contributed by atoms with Crippen LogP contribution in [0.1, 0.15) is 31.1 Å². The van der Waals surface area contributed by atoms with Gasteiger partial charge in [0.05, 0.1) is 10.8 Å². The molecule has 6 heteroatoms. The van der Waals surface area contributed by atoms with Gasteiger partial charge in [-0.2, -0.15) is 0 Å². The molecular weight excluding hydrogens is 281 g/mol. The van der Waals surface area contributed by atoms with E-state index in [9.17, 15) is 14.0 Å². The molecule has 1 atom stereocenters. The molecule has 0 aromatic heterocycles. The quantitative estimate of drug-likeness (QED) is 0.793. The van der Waals surface area contributed by atoms with Crippen LogP contribution in [0.4, 0.5) is 4.39 Å². The first-order valence-corrected chi connectivity index (χ1v) is 7.16. The molecule has 1 unspecified atom stereocenters. The van der Waals surface area contributed by atoms with Crippen molar-refractivity contribution in [3.05, 3.63) is 29.6 Å². The van der Waals surface area contributed by atoms with Gasteiger partial charge >= 0.3 is 5.97 Å². The van der Waals surface area contributed by atoms with Crippen molar-refractivity contribution in [1.29, 1.82) is 0 Å². The fourth-order valence-corrected chi connectivity index (χ4v) is 2.38. The minimum Gasteiger partial charge on any atom is -0.478 e. The summed E-state index contributed by atoms with van der Waals surface area (Å²) in [4.78, 5) is 23.2. The van der Waals surface area contributed by atoms with Crippen LogP contribution in [0.2, 0.25) is 0 Å². The second-order valence-electron chi connectivity index (χ2n) is 4.85. The highest BCUT2D eigenvalue weighted by atomic mass is 32.2. The van der Waals surface area contributed by atoms with Crippen molar-refractivity contribution in [2.24, 2.45) is 5.92 Å². The summed E-state index contributed by atoms with van der Waals surface area (Å²) in [6.45, 7) is 6.31. The predicted octanol–water partition coefficient (Wildman–Crippen LogP) is 2.78. The largest absolute Gasteiger partial charge is 0.478 e. The third-order valence-corrected chi connectivity index (χ3v) is 3.63. The van der Waals surface area contributed by atoms with E-state index in [0.717, 1.165) is 6.07 Å². The lowest BCUT2D eigenvalue weighted by atomic mass is 10.2. The zero-order valence-corrected chi connectivity index (χ0v) is 12.5. The summed E-state index contributed by atoms with van der Waals surface area (Å²) in [5, 5.41) is 11.3. The average Bonchev–Trinajstić information content (AvgIpc) is 2.37. The number of halogens is 1. The number of aromatic carboxylic acids is 1. The topological polar surface area (TPSA) is 66.4 Å². The number of thioether (sulfide) groups is 1. The van der Waals surface area contributed by atoms with Crippen LogP contribution in [0.5, 0.6) is 0 Å². The zero-order chi connectivity index (χ0) is 15.3. The fourth-order valence-electron chi connectivity index (χ4n) is 1.45. The third-order valence-electron chi connectivity index (χ3n) is 2.53. The van der Waals surface area contributed by atoms with Crippen LogP contribution in [0, 0.1) is 11.7 Å². The third kappa shape index (κ3) is 4.85. The lowest BCUT2D eigenvalue weighted by Crippen LogP contribution is -2.33. The van der Waals surface area contributed by atoms with Gasteiger partial charge in [0, 0.05) is 11.4 Å². The summed E-state index contributed by atoms with van der Waals surface area (Å²) in [5.41, 5.74) is -0.384. The molecule has 0 heterocycles. The normalized spacial score (nSPS) is 12.2. The van der Waals surface area contributed by atoms with Crippen LogP contribution >= 0.6 is 11.8 Å². The molecule has 1 aromatic carbocycles. The molecule has 4 nitrogen and oxygen atoms in total. The Morgan fingerprint density at radius 1 is 1.35 bits per heavy atom. The number of carboxylic acid groups (broad SMARTS) is 1. The Kier molecular flexibility index (Phi) is 6.01. The Morgan fingerprint density at radius 2 is 2.00 bits per heavy atom. The van der Waals surface area contributed by atoms with Crippen LogP contribution in [0.25, 0.3) is 0 Å². The van der Waals surface area contributed by atoms with E-state index in [1.54, 1.807) is 6.92 Å². The molecule has 20 heavy (non-hydrogen) atoms. The van der Waals surface area contributed by atoms with Crippen molar-refractivity contribution in [2.45, 2.75) is 30.9 Å². The molecule has 0 fully saturated rings. The molecule has 0 aliphatic heterocycles. The van der Waals surface area contributed by atoms with E-state index in [1.807, 2.05) is 13.8 Å². The Morgan fingerprint density at radius 3 is 2.55 bits per heavy atom. The molecule has 0 bridgehead atoms. The van der Waals surface area contributed by atoms with Crippen molar-refractivity contribution in [2.75, 3.05) is 6.54 Å². The first-order chi connectivity index (χ1) is 9.31. The van der Waals surface area contributed by atoms with Gasteiger partial charge in [0.2, 0.25) is 5.91 Å². The maximum Gasteiger partial charge on any atom is 0.338 e. The lowest BCUT2D eigenvalue weighted by Gasteiger charge is -2.13. The number of carbonyl (C=O) groups excluding carboxylic acids is 1. The number of hydrogen-bond donors (Lipinski definition) is 2. The maximum atomic E-state index is 13.3. The van der Waals surface area contributed by atoms with Crippen molar-refractivity contribution in [3.8, 4) is 0 Å². The summed E-state index contributed by atoms with van der Waals surface area (Å²) in [6, 6.07) is 3.82. The van der Waals surface area contributed by atoms with Crippen LogP contribution in [-0.2, 0) is 4.79 Å². The smallest absolute Gasteiger partial charge is 0.338 e. The van der Waals surface area contributed by atoms with E-state index in [0.29, 0.717) is 17.4 Å². The standard InChI is InChI=1S/C14H18FNO3S/c1-8(2)7-16-13(17)9(3)20-10-4-5-12(15)11(6-10)14(18)19/h4-6,8-9H,7H2,1-3H3,(H,16,17)(H,18,19). The van der Waals surface area contributed by atoms with Crippen molar-refractivity contribution in [3.63, 3.8) is 0 Å². The molecule has 0 saturated carbocycles. The molecule has 0 spiro atoms. The highest BCUT2D eigenvalue weighted by Gasteiger charge is 2.17. The molecule has 0 aliphatic carbocycles. The second-order valence-corrected chi connectivity index (χ2v) is 6.26. The van der Waals surface area contributed by atoms with Gasteiger partial charge in [0.1, 0.15) is 5.82 Å². The molecule has 110 valence electrons. The first kappa shape index (κ1) is 16.5. The minimum absolute atomic E-state index is 0.120. The highest BCUT2D eigenvalue weighted by Crippen LogP contribution is 2.25. The van der Waals surface area contributed by atoms with E-state index >= 15 is 0 Å². The predicted molar refractivity (Wildman–Crippen MR) is 76.5 cm³/mol. The van der Waals surface area contributed by atoms with Gasteiger partial charge in [-0.3, -0.25) is 4.79 Å². The first-order valence-electron chi connectivity index (χ1n) is 6.28. The van der Waals surface area contributed by atoms with Crippen molar-refractivity contribution < 1.29 is 19.1 Å². The number of carboxylic acids is 1. The van der Waals surface area contributed by atoms with E-state index in [2.05, 4.69) is 5.32 Å². The number of rotatable bonds is 6. The van der Waals surface area contributed by atoms with Gasteiger partial charge in [0.15, 0.2) is 0 Å². The highest BCUT2D eigenvalue weighted by molar-refractivity contribution is 8.00. The van der Waals surface area contributed by atoms with Crippen LogP contribution in [0.3, 0.4) is 0 Å². The molecule has 1 aromatic rings. The molecule has 0 radical (unpaired) electrons. The van der Waals surface area contributed by atoms with Crippen LogP contribution in [-0.4, -0.2) is 28.8 Å². The zero-order valence-electron chi connectivity index (χ0n) is 11.6. The summed E-state index contributed by atoms with van der Waals surface area (Å²) >= 11 is 1.20. The summed E-state index contributed by atoms with van der Waals surface area (Å²) in [6.07, 6.45) is 0. The minimum atomic E-state index is -1.32. The Bertz CT molecular complexity index is 505. The SMILES string of the molecule is CC(C)CNC(=O)C(C)Sc1ccc(F)c(C(=O)O)c1. The van der Waals surface area contributed by atoms with E-state index in [-0.39, 0.29) is 16.7 Å². The second kappa shape index (κ2) is 7.28. The van der Waals surface area contributed by atoms with Crippen molar-refractivity contribution >= 4 is 23.6 Å². The van der Waals surface area contributed by atoms with E-state index in [4.69, 9.17) is 5.11 Å². The average molecular weight is 299 g/mol. The van der Waals surface area contributed by atoms with Gasteiger partial charge in [-0.1, -0.05) is 13.8 Å². The molecule has 0 aliphatic rings. The molecule has 2 N–H and O–H groups in total. The number of nitrogens with one attached hydrogen (secondary N) is 1. The van der Waals surface area contributed by atoms with Gasteiger partial charge in [-0.25, -0.2) is 9.18 Å².